The number of piperazine rings is 1. The fourth-order valence-electron chi connectivity index (χ4n) is 4.25. The van der Waals surface area contributed by atoms with Gasteiger partial charge in [0, 0.05) is 26.2 Å². The van der Waals surface area contributed by atoms with Crippen molar-refractivity contribution in [1.82, 2.24) is 9.80 Å². The molecular formula is C24H26FN3O2. The summed E-state index contributed by atoms with van der Waals surface area (Å²) in [5.74, 6) is -1.04. The number of likely N-dealkylation sites (N-methyl/N-ethyl adjacent to an activating group) is 1. The monoisotopic (exact) mass is 407 g/mol. The summed E-state index contributed by atoms with van der Waals surface area (Å²) in [6, 6.07) is 11.5. The molecule has 2 aliphatic rings. The molecule has 156 valence electrons. The minimum atomic E-state index is -0.375. The molecule has 2 aromatic carbocycles. The molecule has 2 aromatic rings. The second-order valence-corrected chi connectivity index (χ2v) is 7.89. The first kappa shape index (κ1) is 20.3. The predicted molar refractivity (Wildman–Crippen MR) is 115 cm³/mol. The number of benzene rings is 2. The third kappa shape index (κ3) is 3.52. The van der Waals surface area contributed by atoms with E-state index in [1.54, 1.807) is 12.1 Å². The Balaban J connectivity index is 1.79. The molecule has 0 bridgehead atoms. The summed E-state index contributed by atoms with van der Waals surface area (Å²) in [5, 5.41) is 0. The minimum absolute atomic E-state index is 0.309. The van der Waals surface area contributed by atoms with Gasteiger partial charge in [-0.15, -0.1) is 0 Å². The molecule has 2 heterocycles. The Labute approximate surface area is 176 Å². The molecule has 0 atom stereocenters. The molecule has 2 amide bonds. The Morgan fingerprint density at radius 1 is 0.900 bits per heavy atom. The van der Waals surface area contributed by atoms with Crippen molar-refractivity contribution in [3.8, 4) is 0 Å². The smallest absolute Gasteiger partial charge is 0.282 e. The van der Waals surface area contributed by atoms with E-state index in [1.165, 1.54) is 17.0 Å². The van der Waals surface area contributed by atoms with E-state index in [0.717, 1.165) is 30.8 Å². The van der Waals surface area contributed by atoms with Crippen molar-refractivity contribution in [3.05, 3.63) is 70.7 Å². The van der Waals surface area contributed by atoms with Crippen molar-refractivity contribution >= 4 is 23.1 Å². The number of halogens is 1. The van der Waals surface area contributed by atoms with Gasteiger partial charge in [-0.1, -0.05) is 36.8 Å². The van der Waals surface area contributed by atoms with Crippen LogP contribution in [0, 0.1) is 19.7 Å². The van der Waals surface area contributed by atoms with Gasteiger partial charge in [0.15, 0.2) is 0 Å². The molecule has 0 radical (unpaired) electrons. The van der Waals surface area contributed by atoms with Crippen LogP contribution in [0.3, 0.4) is 0 Å². The molecule has 6 heteroatoms. The van der Waals surface area contributed by atoms with Gasteiger partial charge in [0.2, 0.25) is 0 Å². The summed E-state index contributed by atoms with van der Waals surface area (Å²) in [7, 11) is 0. The van der Waals surface area contributed by atoms with Gasteiger partial charge in [-0.25, -0.2) is 9.29 Å². The van der Waals surface area contributed by atoms with Crippen LogP contribution in [-0.4, -0.2) is 54.3 Å². The van der Waals surface area contributed by atoms with Gasteiger partial charge in [0.1, 0.15) is 11.5 Å². The van der Waals surface area contributed by atoms with Crippen LogP contribution in [0.25, 0.3) is 5.57 Å². The van der Waals surface area contributed by atoms with Gasteiger partial charge < -0.3 is 9.80 Å². The zero-order valence-electron chi connectivity index (χ0n) is 17.6. The number of rotatable bonds is 4. The lowest BCUT2D eigenvalue weighted by molar-refractivity contribution is -0.120. The predicted octanol–water partition coefficient (Wildman–Crippen LogP) is 3.36. The van der Waals surface area contributed by atoms with Gasteiger partial charge in [0.25, 0.3) is 11.8 Å². The van der Waals surface area contributed by atoms with E-state index < -0.39 is 0 Å². The highest BCUT2D eigenvalue weighted by atomic mass is 19.1. The standard InChI is InChI=1S/C24H26FN3O2/c1-4-26-11-13-27(14-12-26)22-21(18-6-8-19(25)9-7-18)23(29)28(24(22)30)20-10-5-16(2)15-17(20)3/h5-10,15H,4,11-14H2,1-3H3. The summed E-state index contributed by atoms with van der Waals surface area (Å²) in [6.45, 7) is 9.97. The molecule has 1 fully saturated rings. The highest BCUT2D eigenvalue weighted by Gasteiger charge is 2.43. The van der Waals surface area contributed by atoms with Crippen LogP contribution in [0.15, 0.2) is 48.2 Å². The summed E-state index contributed by atoms with van der Waals surface area (Å²) in [6.07, 6.45) is 0. The number of aryl methyl sites for hydroxylation is 2. The molecular weight excluding hydrogens is 381 g/mol. The maximum atomic E-state index is 13.6. The zero-order chi connectivity index (χ0) is 21.4. The molecule has 0 spiro atoms. The number of hydrogen-bond acceptors (Lipinski definition) is 4. The average molecular weight is 407 g/mol. The van der Waals surface area contributed by atoms with Gasteiger partial charge in [-0.05, 0) is 49.7 Å². The van der Waals surface area contributed by atoms with E-state index in [0.29, 0.717) is 35.6 Å². The average Bonchev–Trinajstić information content (AvgIpc) is 2.99. The number of carbonyl (C=O) groups is 2. The van der Waals surface area contributed by atoms with Crippen LogP contribution in [0.2, 0.25) is 0 Å². The number of imide groups is 1. The zero-order valence-corrected chi connectivity index (χ0v) is 17.6. The SMILES string of the molecule is CCN1CCN(C2=C(c3ccc(F)cc3)C(=O)N(c3ccc(C)cc3C)C2=O)CC1. The Kier molecular flexibility index (Phi) is 5.43. The fraction of sp³-hybridized carbons (Fsp3) is 0.333. The number of amides is 2. The van der Waals surface area contributed by atoms with E-state index in [1.807, 2.05) is 36.9 Å². The second-order valence-electron chi connectivity index (χ2n) is 7.89. The minimum Gasteiger partial charge on any atom is -0.364 e. The van der Waals surface area contributed by atoms with Crippen molar-refractivity contribution in [2.24, 2.45) is 0 Å². The van der Waals surface area contributed by atoms with Crippen LogP contribution < -0.4 is 4.90 Å². The van der Waals surface area contributed by atoms with Gasteiger partial charge >= 0.3 is 0 Å². The molecule has 0 N–H and O–H groups in total. The first-order valence-electron chi connectivity index (χ1n) is 10.3. The lowest BCUT2D eigenvalue weighted by Gasteiger charge is -2.36. The molecule has 1 saturated heterocycles. The van der Waals surface area contributed by atoms with E-state index in [9.17, 15) is 14.0 Å². The molecule has 0 saturated carbocycles. The summed E-state index contributed by atoms with van der Waals surface area (Å²) in [5.41, 5.74) is 3.87. The van der Waals surface area contributed by atoms with Crippen LogP contribution in [0.5, 0.6) is 0 Å². The van der Waals surface area contributed by atoms with Crippen molar-refractivity contribution < 1.29 is 14.0 Å². The number of hydrogen-bond donors (Lipinski definition) is 0. The Morgan fingerprint density at radius 2 is 1.57 bits per heavy atom. The quantitative estimate of drug-likeness (QED) is 0.729. The van der Waals surface area contributed by atoms with Gasteiger partial charge in [-0.3, -0.25) is 9.59 Å². The summed E-state index contributed by atoms with van der Waals surface area (Å²) < 4.78 is 13.5. The van der Waals surface area contributed by atoms with E-state index in [-0.39, 0.29) is 17.6 Å². The summed E-state index contributed by atoms with van der Waals surface area (Å²) in [4.78, 5) is 32.7. The highest BCUT2D eigenvalue weighted by molar-refractivity contribution is 6.45. The van der Waals surface area contributed by atoms with E-state index >= 15 is 0 Å². The molecule has 2 aliphatic heterocycles. The Bertz CT molecular complexity index is 1020. The first-order chi connectivity index (χ1) is 14.4. The van der Waals surface area contributed by atoms with Crippen molar-refractivity contribution in [2.75, 3.05) is 37.6 Å². The van der Waals surface area contributed by atoms with Crippen molar-refractivity contribution in [2.45, 2.75) is 20.8 Å². The largest absolute Gasteiger partial charge is 0.364 e. The van der Waals surface area contributed by atoms with Crippen molar-refractivity contribution in [1.29, 1.82) is 0 Å². The van der Waals surface area contributed by atoms with E-state index in [4.69, 9.17) is 0 Å². The summed E-state index contributed by atoms with van der Waals surface area (Å²) >= 11 is 0. The van der Waals surface area contributed by atoms with Crippen molar-refractivity contribution in [3.63, 3.8) is 0 Å². The van der Waals surface area contributed by atoms with Gasteiger partial charge in [-0.2, -0.15) is 0 Å². The molecule has 0 unspecified atom stereocenters. The number of anilines is 1. The van der Waals surface area contributed by atoms with Crippen LogP contribution in [0.4, 0.5) is 10.1 Å². The maximum absolute atomic E-state index is 13.6. The number of nitrogens with zero attached hydrogens (tertiary/aromatic N) is 3. The van der Waals surface area contributed by atoms with E-state index in [2.05, 4.69) is 11.8 Å². The van der Waals surface area contributed by atoms with Crippen LogP contribution in [-0.2, 0) is 9.59 Å². The molecule has 0 aliphatic carbocycles. The highest BCUT2D eigenvalue weighted by Crippen LogP contribution is 2.36. The fourth-order valence-corrected chi connectivity index (χ4v) is 4.25. The van der Waals surface area contributed by atoms with Crippen LogP contribution >= 0.6 is 0 Å². The lowest BCUT2D eigenvalue weighted by atomic mass is 10.0. The first-order valence-corrected chi connectivity index (χ1v) is 10.3. The van der Waals surface area contributed by atoms with Gasteiger partial charge in [0.05, 0.1) is 11.3 Å². The maximum Gasteiger partial charge on any atom is 0.282 e. The topological polar surface area (TPSA) is 43.9 Å². The molecule has 30 heavy (non-hydrogen) atoms. The Hall–Kier alpha value is -2.99. The number of carbonyl (C=O) groups excluding carboxylic acids is 2. The molecule has 4 rings (SSSR count). The Morgan fingerprint density at radius 3 is 2.17 bits per heavy atom. The lowest BCUT2D eigenvalue weighted by Crippen LogP contribution is -2.47. The normalized spacial score (nSPS) is 18.0. The molecule has 0 aromatic heterocycles. The third-order valence-corrected chi connectivity index (χ3v) is 5.92. The molecule has 5 nitrogen and oxygen atoms in total. The third-order valence-electron chi connectivity index (χ3n) is 5.92. The second kappa shape index (κ2) is 8.03. The van der Waals surface area contributed by atoms with Crippen LogP contribution in [0.1, 0.15) is 23.6 Å².